The third-order valence-electron chi connectivity index (χ3n) is 2.77. The number of carbonyl (C=O) groups excluding carboxylic acids is 1. The van der Waals surface area contributed by atoms with E-state index in [1.165, 1.54) is 11.3 Å². The number of hydrogen-bond acceptors (Lipinski definition) is 5. The minimum absolute atomic E-state index is 0.0129. The first-order valence-corrected chi connectivity index (χ1v) is 8.48. The lowest BCUT2D eigenvalue weighted by atomic mass is 10.2. The van der Waals surface area contributed by atoms with Gasteiger partial charge in [0.2, 0.25) is 0 Å². The lowest BCUT2D eigenvalue weighted by Crippen LogP contribution is -2.26. The maximum Gasteiger partial charge on any atom is 0.250 e. The van der Waals surface area contributed by atoms with Gasteiger partial charge in [0.25, 0.3) is 10.0 Å². The molecular formula is C11H9NO3S3. The van der Waals surface area contributed by atoms with E-state index < -0.39 is 16.1 Å². The molecule has 1 aliphatic carbocycles. The largest absolute Gasteiger partial charge is 0.293 e. The first-order valence-electron chi connectivity index (χ1n) is 5.24. The van der Waals surface area contributed by atoms with Gasteiger partial charge in [-0.25, -0.2) is 13.1 Å². The molecule has 1 unspecified atom stereocenters. The molecule has 18 heavy (non-hydrogen) atoms. The average Bonchev–Trinajstić information content (AvgIpc) is 3.01. The molecule has 0 spiro atoms. The van der Waals surface area contributed by atoms with Gasteiger partial charge in [-0.05, 0) is 28.5 Å². The zero-order chi connectivity index (χ0) is 12.8. The number of nitrogens with one attached hydrogen (secondary N) is 1. The predicted molar refractivity (Wildman–Crippen MR) is 70.6 cm³/mol. The van der Waals surface area contributed by atoms with Crippen LogP contribution < -0.4 is 4.72 Å². The number of hydrogen-bond donors (Lipinski definition) is 1. The van der Waals surface area contributed by atoms with Crippen LogP contribution in [0.2, 0.25) is 0 Å². The van der Waals surface area contributed by atoms with Crippen molar-refractivity contribution in [2.75, 3.05) is 0 Å². The third kappa shape index (κ3) is 1.93. The Bertz CT molecular complexity index is 685. The van der Waals surface area contributed by atoms with Crippen LogP contribution in [0.4, 0.5) is 0 Å². The quantitative estimate of drug-likeness (QED) is 0.946. The zero-order valence-corrected chi connectivity index (χ0v) is 11.6. The van der Waals surface area contributed by atoms with Crippen molar-refractivity contribution < 1.29 is 13.2 Å². The minimum Gasteiger partial charge on any atom is -0.293 e. The normalized spacial score (nSPS) is 19.1. The van der Waals surface area contributed by atoms with Crippen LogP contribution in [0.5, 0.6) is 0 Å². The van der Waals surface area contributed by atoms with Crippen molar-refractivity contribution in [2.45, 2.75) is 16.7 Å². The second-order valence-electron chi connectivity index (χ2n) is 3.94. The summed E-state index contributed by atoms with van der Waals surface area (Å²) in [5, 5.41) is 3.53. The Balaban J connectivity index is 1.90. The third-order valence-corrected chi connectivity index (χ3v) is 6.61. The van der Waals surface area contributed by atoms with Crippen LogP contribution in [0.15, 0.2) is 33.2 Å². The molecule has 7 heteroatoms. The molecule has 1 atom stereocenters. The van der Waals surface area contributed by atoms with E-state index in [0.717, 1.165) is 16.9 Å². The van der Waals surface area contributed by atoms with Crippen LogP contribution in [0.25, 0.3) is 0 Å². The molecule has 3 rings (SSSR count). The van der Waals surface area contributed by atoms with E-state index in [9.17, 15) is 13.2 Å². The Morgan fingerprint density at radius 2 is 2.06 bits per heavy atom. The minimum atomic E-state index is -3.52. The van der Waals surface area contributed by atoms with Gasteiger partial charge in [0.1, 0.15) is 4.21 Å². The number of ketones is 1. The summed E-state index contributed by atoms with van der Waals surface area (Å²) < 4.78 is 27.0. The van der Waals surface area contributed by atoms with Gasteiger partial charge in [-0.2, -0.15) is 0 Å². The van der Waals surface area contributed by atoms with E-state index in [1.807, 2.05) is 11.4 Å². The summed E-state index contributed by atoms with van der Waals surface area (Å²) in [6.45, 7) is 0. The summed E-state index contributed by atoms with van der Waals surface area (Å²) in [6, 6.07) is 4.63. The smallest absolute Gasteiger partial charge is 0.250 e. The first-order chi connectivity index (χ1) is 8.58. The van der Waals surface area contributed by atoms with Gasteiger partial charge >= 0.3 is 0 Å². The number of rotatable bonds is 3. The standard InChI is InChI=1S/C11H9NO3S3/c13-9-6-8(7-3-5-17-11(7)9)12-18(14,15)10-2-1-4-16-10/h1-5,8,12H,6H2. The lowest BCUT2D eigenvalue weighted by molar-refractivity contribution is 0.0991. The fourth-order valence-corrected chi connectivity index (χ4v) is 5.11. The summed E-state index contributed by atoms with van der Waals surface area (Å²) in [7, 11) is -3.52. The van der Waals surface area contributed by atoms with Crippen molar-refractivity contribution in [1.29, 1.82) is 0 Å². The number of thiophene rings is 2. The highest BCUT2D eigenvalue weighted by atomic mass is 32.2. The zero-order valence-electron chi connectivity index (χ0n) is 9.12. The molecule has 1 aliphatic rings. The molecule has 0 fully saturated rings. The first kappa shape index (κ1) is 12.0. The van der Waals surface area contributed by atoms with E-state index in [1.54, 1.807) is 17.5 Å². The molecule has 94 valence electrons. The number of sulfonamides is 1. The van der Waals surface area contributed by atoms with Crippen LogP contribution in [-0.2, 0) is 10.0 Å². The highest BCUT2D eigenvalue weighted by Crippen LogP contribution is 2.35. The molecule has 2 heterocycles. The molecule has 0 bridgehead atoms. The van der Waals surface area contributed by atoms with E-state index >= 15 is 0 Å². The second-order valence-corrected chi connectivity index (χ2v) is 7.74. The van der Waals surface area contributed by atoms with E-state index in [-0.39, 0.29) is 16.4 Å². The van der Waals surface area contributed by atoms with Gasteiger partial charge in [-0.3, -0.25) is 4.79 Å². The Morgan fingerprint density at radius 1 is 1.22 bits per heavy atom. The van der Waals surface area contributed by atoms with E-state index in [0.29, 0.717) is 4.88 Å². The highest BCUT2D eigenvalue weighted by Gasteiger charge is 2.33. The molecule has 2 aromatic heterocycles. The van der Waals surface area contributed by atoms with Crippen LogP contribution in [0, 0.1) is 0 Å². The van der Waals surface area contributed by atoms with Crippen LogP contribution in [0.3, 0.4) is 0 Å². The summed E-state index contributed by atoms with van der Waals surface area (Å²) in [4.78, 5) is 12.4. The second kappa shape index (κ2) is 4.27. The summed E-state index contributed by atoms with van der Waals surface area (Å²) in [6.07, 6.45) is 0.215. The van der Waals surface area contributed by atoms with E-state index in [4.69, 9.17) is 0 Å². The van der Waals surface area contributed by atoms with Gasteiger partial charge in [-0.1, -0.05) is 6.07 Å². The molecule has 4 nitrogen and oxygen atoms in total. The maximum absolute atomic E-state index is 12.1. The van der Waals surface area contributed by atoms with Crippen molar-refractivity contribution in [3.63, 3.8) is 0 Å². The Labute approximate surface area is 112 Å². The van der Waals surface area contributed by atoms with Crippen molar-refractivity contribution in [1.82, 2.24) is 4.72 Å². The molecule has 0 amide bonds. The number of fused-ring (bicyclic) bond motifs is 1. The lowest BCUT2D eigenvalue weighted by Gasteiger charge is -2.11. The van der Waals surface area contributed by atoms with Crippen molar-refractivity contribution in [3.05, 3.63) is 39.4 Å². The number of carbonyl (C=O) groups is 1. The highest BCUT2D eigenvalue weighted by molar-refractivity contribution is 7.91. The fourth-order valence-electron chi connectivity index (χ4n) is 1.98. The molecule has 1 N–H and O–H groups in total. The van der Waals surface area contributed by atoms with Gasteiger partial charge in [0, 0.05) is 6.42 Å². The SMILES string of the molecule is O=C1CC(NS(=O)(=O)c2cccs2)c2ccsc21. The van der Waals surface area contributed by atoms with Crippen molar-refractivity contribution >= 4 is 38.5 Å². The Hall–Kier alpha value is -1.02. The van der Waals surface area contributed by atoms with Gasteiger partial charge in [0.15, 0.2) is 5.78 Å². The maximum atomic E-state index is 12.1. The van der Waals surface area contributed by atoms with Crippen LogP contribution >= 0.6 is 22.7 Å². The molecule has 0 saturated heterocycles. The summed E-state index contributed by atoms with van der Waals surface area (Å²) in [5.41, 5.74) is 0.796. The number of Topliss-reactive ketones (excluding diaryl/α,β-unsaturated/α-hetero) is 1. The topological polar surface area (TPSA) is 63.2 Å². The monoisotopic (exact) mass is 299 g/mol. The molecule has 0 radical (unpaired) electrons. The fraction of sp³-hybridized carbons (Fsp3) is 0.182. The predicted octanol–water partition coefficient (Wildman–Crippen LogP) is 2.42. The van der Waals surface area contributed by atoms with Crippen LogP contribution in [-0.4, -0.2) is 14.2 Å². The molecule has 0 aromatic carbocycles. The molecule has 0 saturated carbocycles. The van der Waals surface area contributed by atoms with Crippen molar-refractivity contribution in [3.8, 4) is 0 Å². The average molecular weight is 299 g/mol. The summed E-state index contributed by atoms with van der Waals surface area (Å²) >= 11 is 2.53. The molecular weight excluding hydrogens is 290 g/mol. The van der Waals surface area contributed by atoms with Crippen LogP contribution in [0.1, 0.15) is 27.7 Å². The van der Waals surface area contributed by atoms with Crippen molar-refractivity contribution in [2.24, 2.45) is 0 Å². The van der Waals surface area contributed by atoms with Gasteiger partial charge < -0.3 is 0 Å². The molecule has 2 aromatic rings. The van der Waals surface area contributed by atoms with E-state index in [2.05, 4.69) is 4.72 Å². The van der Waals surface area contributed by atoms with Gasteiger partial charge in [0.05, 0.1) is 10.9 Å². The Kier molecular flexibility index (Phi) is 2.86. The van der Waals surface area contributed by atoms with Gasteiger partial charge in [-0.15, -0.1) is 22.7 Å². The summed E-state index contributed by atoms with van der Waals surface area (Å²) in [5.74, 6) is 0.0129. The molecule has 0 aliphatic heterocycles. The Morgan fingerprint density at radius 3 is 2.78 bits per heavy atom.